The summed E-state index contributed by atoms with van der Waals surface area (Å²) in [4.78, 5) is 31.8. The fourth-order valence-corrected chi connectivity index (χ4v) is 4.01. The molecule has 146 valence electrons. The molecular formula is C19H13BrClN5O2S. The fraction of sp³-hybridized carbons (Fsp3) is 0.0526. The molecular weight excluding hydrogens is 478 g/mol. The molecule has 0 bridgehead atoms. The van der Waals surface area contributed by atoms with Crippen LogP contribution in [0.5, 0.6) is 0 Å². The average Bonchev–Trinajstić information content (AvgIpc) is 3.14. The first-order chi connectivity index (χ1) is 14.0. The Morgan fingerprint density at radius 3 is 2.79 bits per heavy atom. The molecule has 7 nitrogen and oxygen atoms in total. The zero-order chi connectivity index (χ0) is 20.4. The predicted octanol–water partition coefficient (Wildman–Crippen LogP) is 4.26. The van der Waals surface area contributed by atoms with E-state index in [2.05, 4.69) is 36.3 Å². The van der Waals surface area contributed by atoms with Crippen LogP contribution in [0.2, 0.25) is 5.02 Å². The van der Waals surface area contributed by atoms with Crippen molar-refractivity contribution in [2.45, 2.75) is 5.16 Å². The second-order valence-corrected chi connectivity index (χ2v) is 8.25. The number of carbonyl (C=O) groups excluding carboxylic acids is 1. The van der Waals surface area contributed by atoms with Crippen LogP contribution in [-0.4, -0.2) is 31.4 Å². The molecule has 2 aromatic heterocycles. The van der Waals surface area contributed by atoms with Crippen LogP contribution >= 0.6 is 39.3 Å². The molecule has 0 saturated heterocycles. The number of hydrogen-bond acceptors (Lipinski definition) is 5. The number of fused-ring (bicyclic) bond motifs is 1. The van der Waals surface area contributed by atoms with E-state index in [1.165, 1.54) is 6.20 Å². The number of para-hydroxylation sites is 1. The lowest BCUT2D eigenvalue weighted by molar-refractivity contribution is -0.113. The van der Waals surface area contributed by atoms with E-state index in [-0.39, 0.29) is 17.2 Å². The summed E-state index contributed by atoms with van der Waals surface area (Å²) in [6.07, 6.45) is 1.48. The molecule has 2 heterocycles. The van der Waals surface area contributed by atoms with Gasteiger partial charge in [0.05, 0.1) is 28.3 Å². The summed E-state index contributed by atoms with van der Waals surface area (Å²) in [7, 11) is 0. The zero-order valence-corrected chi connectivity index (χ0v) is 17.9. The molecule has 4 aromatic rings. The van der Waals surface area contributed by atoms with Crippen LogP contribution in [0.1, 0.15) is 0 Å². The Labute approximate surface area is 182 Å². The highest BCUT2D eigenvalue weighted by Crippen LogP contribution is 2.26. The maximum Gasteiger partial charge on any atom is 0.262 e. The van der Waals surface area contributed by atoms with Crippen molar-refractivity contribution < 1.29 is 4.79 Å². The van der Waals surface area contributed by atoms with Gasteiger partial charge >= 0.3 is 0 Å². The van der Waals surface area contributed by atoms with E-state index in [1.807, 2.05) is 30.3 Å². The summed E-state index contributed by atoms with van der Waals surface area (Å²) in [5.41, 5.74) is 1.42. The van der Waals surface area contributed by atoms with Gasteiger partial charge < -0.3 is 10.3 Å². The Morgan fingerprint density at radius 1 is 1.24 bits per heavy atom. The quantitative estimate of drug-likeness (QED) is 0.322. The van der Waals surface area contributed by atoms with Gasteiger partial charge in [-0.1, -0.05) is 57.5 Å². The Balaban J connectivity index is 1.54. The van der Waals surface area contributed by atoms with Gasteiger partial charge in [0, 0.05) is 4.47 Å². The topological polar surface area (TPSA) is 92.7 Å². The number of benzene rings is 2. The molecule has 0 spiro atoms. The summed E-state index contributed by atoms with van der Waals surface area (Å²) < 4.78 is 2.41. The molecule has 2 N–H and O–H groups in total. The Morgan fingerprint density at radius 2 is 2.03 bits per heavy atom. The first-order valence-electron chi connectivity index (χ1n) is 8.42. The van der Waals surface area contributed by atoms with Crippen molar-refractivity contribution in [2.75, 3.05) is 11.1 Å². The van der Waals surface area contributed by atoms with Gasteiger partial charge in [-0.3, -0.25) is 9.59 Å². The van der Waals surface area contributed by atoms with Crippen LogP contribution in [-0.2, 0) is 4.79 Å². The Bertz CT molecular complexity index is 1260. The third kappa shape index (κ3) is 4.36. The van der Waals surface area contributed by atoms with Crippen LogP contribution < -0.4 is 10.9 Å². The Kier molecular flexibility index (Phi) is 5.70. The highest BCUT2D eigenvalue weighted by molar-refractivity contribution is 9.10. The lowest BCUT2D eigenvalue weighted by Gasteiger charge is -2.07. The van der Waals surface area contributed by atoms with Crippen molar-refractivity contribution in [1.29, 1.82) is 0 Å². The van der Waals surface area contributed by atoms with Crippen molar-refractivity contribution in [2.24, 2.45) is 0 Å². The fourth-order valence-electron chi connectivity index (χ4n) is 2.64. The molecule has 1 amide bonds. The van der Waals surface area contributed by atoms with E-state index in [0.29, 0.717) is 26.9 Å². The number of nitrogens with zero attached hydrogens (tertiary/aromatic N) is 3. The second-order valence-electron chi connectivity index (χ2n) is 5.96. The van der Waals surface area contributed by atoms with Gasteiger partial charge in [-0.05, 0) is 30.3 Å². The number of H-pyrrole nitrogens is 1. The summed E-state index contributed by atoms with van der Waals surface area (Å²) in [5.74, 6) is -0.209. The number of carbonyl (C=O) groups is 1. The average molecular weight is 491 g/mol. The molecule has 0 fully saturated rings. The molecule has 0 atom stereocenters. The van der Waals surface area contributed by atoms with Crippen LogP contribution in [0.15, 0.2) is 69.2 Å². The number of nitrogens with one attached hydrogen (secondary N) is 2. The van der Waals surface area contributed by atoms with Gasteiger partial charge in [0.1, 0.15) is 5.39 Å². The van der Waals surface area contributed by atoms with E-state index in [4.69, 9.17) is 11.6 Å². The molecule has 29 heavy (non-hydrogen) atoms. The summed E-state index contributed by atoms with van der Waals surface area (Å²) in [5, 5.41) is 8.14. The lowest BCUT2D eigenvalue weighted by atomic mass is 10.3. The molecule has 0 unspecified atom stereocenters. The van der Waals surface area contributed by atoms with E-state index in [9.17, 15) is 9.59 Å². The second kappa shape index (κ2) is 8.40. The SMILES string of the molecule is O=C(CSc1nc2c(cnn2-c2ccccc2)c(=O)[nH]1)Nc1ccc(Br)cc1Cl. The number of aromatic nitrogens is 4. The van der Waals surface area contributed by atoms with E-state index < -0.39 is 0 Å². The number of rotatable bonds is 5. The Hall–Kier alpha value is -2.62. The number of anilines is 1. The number of amides is 1. The number of halogens is 2. The molecule has 0 radical (unpaired) electrons. The maximum absolute atomic E-state index is 12.4. The van der Waals surface area contributed by atoms with E-state index in [0.717, 1.165) is 21.9 Å². The van der Waals surface area contributed by atoms with E-state index in [1.54, 1.807) is 22.9 Å². The van der Waals surface area contributed by atoms with Crippen LogP contribution in [0.4, 0.5) is 5.69 Å². The summed E-state index contributed by atoms with van der Waals surface area (Å²) in [6.45, 7) is 0. The van der Waals surface area contributed by atoms with Gasteiger partial charge in [0.25, 0.3) is 5.56 Å². The highest BCUT2D eigenvalue weighted by Gasteiger charge is 2.13. The molecule has 0 aliphatic heterocycles. The highest BCUT2D eigenvalue weighted by atomic mass is 79.9. The van der Waals surface area contributed by atoms with Crippen molar-refractivity contribution in [3.63, 3.8) is 0 Å². The van der Waals surface area contributed by atoms with Crippen molar-refractivity contribution >= 4 is 61.9 Å². The molecule has 2 aromatic carbocycles. The van der Waals surface area contributed by atoms with Crippen molar-refractivity contribution in [3.8, 4) is 5.69 Å². The normalized spacial score (nSPS) is 11.0. The number of hydrogen-bond donors (Lipinski definition) is 2. The van der Waals surface area contributed by atoms with Gasteiger partial charge in [0.15, 0.2) is 10.8 Å². The monoisotopic (exact) mass is 489 g/mol. The molecule has 0 saturated carbocycles. The minimum atomic E-state index is -0.309. The minimum Gasteiger partial charge on any atom is -0.324 e. The van der Waals surface area contributed by atoms with Gasteiger partial charge in [0.2, 0.25) is 5.91 Å². The molecule has 0 aliphatic carbocycles. The van der Waals surface area contributed by atoms with Gasteiger partial charge in [-0.2, -0.15) is 5.10 Å². The van der Waals surface area contributed by atoms with Gasteiger partial charge in [-0.15, -0.1) is 0 Å². The maximum atomic E-state index is 12.4. The molecule has 0 aliphatic rings. The van der Waals surface area contributed by atoms with E-state index >= 15 is 0 Å². The first-order valence-corrected chi connectivity index (χ1v) is 10.6. The number of aromatic amines is 1. The number of thioether (sulfide) groups is 1. The van der Waals surface area contributed by atoms with Gasteiger partial charge in [-0.25, -0.2) is 9.67 Å². The van der Waals surface area contributed by atoms with Crippen molar-refractivity contribution in [1.82, 2.24) is 19.7 Å². The summed E-state index contributed by atoms with van der Waals surface area (Å²) >= 11 is 10.6. The molecule has 4 rings (SSSR count). The predicted molar refractivity (Wildman–Crippen MR) is 118 cm³/mol. The standard InChI is InChI=1S/C19H13BrClN5O2S/c20-11-6-7-15(14(21)8-11)23-16(27)10-29-19-24-17-13(18(28)25-19)9-22-26(17)12-4-2-1-3-5-12/h1-9H,10H2,(H,23,27)(H,24,25,28). The summed E-state index contributed by atoms with van der Waals surface area (Å²) in [6, 6.07) is 14.6. The van der Waals surface area contributed by atoms with Crippen LogP contribution in [0.3, 0.4) is 0 Å². The first kappa shape index (κ1) is 19.7. The lowest BCUT2D eigenvalue weighted by Crippen LogP contribution is -2.16. The third-order valence-corrected chi connectivity index (χ3v) is 5.64. The largest absolute Gasteiger partial charge is 0.324 e. The zero-order valence-electron chi connectivity index (χ0n) is 14.7. The third-order valence-electron chi connectivity index (χ3n) is 3.96. The van der Waals surface area contributed by atoms with Crippen LogP contribution in [0.25, 0.3) is 16.7 Å². The smallest absolute Gasteiger partial charge is 0.262 e. The minimum absolute atomic E-state index is 0.0559. The van der Waals surface area contributed by atoms with Crippen LogP contribution in [0, 0.1) is 0 Å². The molecule has 10 heteroatoms. The van der Waals surface area contributed by atoms with Crippen molar-refractivity contribution in [3.05, 3.63) is 74.6 Å².